The van der Waals surface area contributed by atoms with Gasteiger partial charge in [0.15, 0.2) is 0 Å². The minimum Gasteiger partial charge on any atom is -0.338 e. The van der Waals surface area contributed by atoms with Crippen LogP contribution in [0, 0.1) is 5.82 Å². The molecule has 7 heteroatoms. The summed E-state index contributed by atoms with van der Waals surface area (Å²) in [5.41, 5.74) is 2.61. The van der Waals surface area contributed by atoms with Gasteiger partial charge in [0.1, 0.15) is 11.5 Å². The van der Waals surface area contributed by atoms with Crippen molar-refractivity contribution in [1.29, 1.82) is 0 Å². The second-order valence-electron chi connectivity index (χ2n) is 6.79. The Balaban J connectivity index is 1.56. The monoisotopic (exact) mass is 365 g/mol. The first-order chi connectivity index (χ1) is 13.1. The lowest BCUT2D eigenvalue weighted by molar-refractivity contribution is 0.0701. The molecule has 138 valence electrons. The van der Waals surface area contributed by atoms with Crippen molar-refractivity contribution in [3.05, 3.63) is 66.3 Å². The van der Waals surface area contributed by atoms with Gasteiger partial charge in [0, 0.05) is 32.3 Å². The molecule has 1 amide bonds. The third kappa shape index (κ3) is 3.45. The molecule has 4 rings (SSSR count). The highest BCUT2D eigenvalue weighted by molar-refractivity contribution is 5.94. The number of carbonyl (C=O) groups excluding carboxylic acids is 1. The number of halogens is 1. The van der Waals surface area contributed by atoms with Crippen LogP contribution in [0.2, 0.25) is 0 Å². The minimum atomic E-state index is -0.484. The van der Waals surface area contributed by atoms with Crippen LogP contribution in [0.3, 0.4) is 0 Å². The van der Waals surface area contributed by atoms with Gasteiger partial charge in [-0.15, -0.1) is 0 Å². The Morgan fingerprint density at radius 2 is 2.04 bits per heavy atom. The average molecular weight is 365 g/mol. The van der Waals surface area contributed by atoms with Crippen LogP contribution in [-0.4, -0.2) is 43.4 Å². The molecule has 0 N–H and O–H groups in total. The van der Waals surface area contributed by atoms with E-state index in [1.807, 2.05) is 11.6 Å². The van der Waals surface area contributed by atoms with Crippen molar-refractivity contribution in [3.8, 4) is 11.4 Å². The maximum atomic E-state index is 14.0. The molecule has 6 nitrogen and oxygen atoms in total. The molecular formula is C20H20FN5O. The topological polar surface area (TPSA) is 63.9 Å². The van der Waals surface area contributed by atoms with Crippen LogP contribution in [-0.2, 0) is 7.05 Å². The second-order valence-corrected chi connectivity index (χ2v) is 6.79. The molecular weight excluding hydrogens is 345 g/mol. The second kappa shape index (κ2) is 7.26. The van der Waals surface area contributed by atoms with Crippen molar-refractivity contribution in [2.24, 2.45) is 7.05 Å². The highest BCUT2D eigenvalue weighted by Gasteiger charge is 2.28. The zero-order valence-corrected chi connectivity index (χ0v) is 15.0. The van der Waals surface area contributed by atoms with E-state index in [0.29, 0.717) is 13.1 Å². The highest BCUT2D eigenvalue weighted by Crippen LogP contribution is 2.28. The molecule has 0 bridgehead atoms. The zero-order chi connectivity index (χ0) is 18.8. The quantitative estimate of drug-likeness (QED) is 0.716. The van der Waals surface area contributed by atoms with Crippen LogP contribution < -0.4 is 0 Å². The summed E-state index contributed by atoms with van der Waals surface area (Å²) in [5, 5.41) is 0. The maximum absolute atomic E-state index is 14.0. The van der Waals surface area contributed by atoms with Crippen LogP contribution in [0.5, 0.6) is 0 Å². The Labute approximate surface area is 156 Å². The summed E-state index contributed by atoms with van der Waals surface area (Å²) in [6.07, 6.45) is 8.71. The van der Waals surface area contributed by atoms with Crippen molar-refractivity contribution < 1.29 is 9.18 Å². The van der Waals surface area contributed by atoms with E-state index in [1.54, 1.807) is 42.0 Å². The van der Waals surface area contributed by atoms with E-state index >= 15 is 0 Å². The summed E-state index contributed by atoms with van der Waals surface area (Å²) in [4.78, 5) is 27.7. The van der Waals surface area contributed by atoms with E-state index in [9.17, 15) is 9.18 Å². The number of carbonyl (C=O) groups is 1. The van der Waals surface area contributed by atoms with Gasteiger partial charge in [-0.05, 0) is 25.0 Å². The van der Waals surface area contributed by atoms with Gasteiger partial charge in [-0.25, -0.2) is 14.4 Å². The number of benzene rings is 1. The first-order valence-electron chi connectivity index (χ1n) is 8.96. The van der Waals surface area contributed by atoms with Gasteiger partial charge in [-0.1, -0.05) is 12.1 Å². The fraction of sp³-hybridized carbons (Fsp3) is 0.300. The van der Waals surface area contributed by atoms with Gasteiger partial charge in [0.2, 0.25) is 0 Å². The van der Waals surface area contributed by atoms with Crippen LogP contribution in [0.25, 0.3) is 11.4 Å². The zero-order valence-electron chi connectivity index (χ0n) is 15.0. The standard InChI is InChI=1S/C20H20FN5O/c1-25-13-23-11-19(25)18-10-22-9-17(24-18)14-5-4-8-26(12-14)20(27)15-6-2-3-7-16(15)21/h2-3,6-7,9-11,13-14H,4-5,8,12H2,1H3/t14-/m1/s1. The Morgan fingerprint density at radius 3 is 2.81 bits per heavy atom. The number of imidazole rings is 1. The number of likely N-dealkylation sites (tertiary alicyclic amines) is 1. The number of aromatic nitrogens is 4. The highest BCUT2D eigenvalue weighted by atomic mass is 19.1. The molecule has 0 saturated carbocycles. The lowest BCUT2D eigenvalue weighted by Crippen LogP contribution is -2.39. The van der Waals surface area contributed by atoms with E-state index < -0.39 is 5.82 Å². The van der Waals surface area contributed by atoms with E-state index in [1.165, 1.54) is 12.1 Å². The van der Waals surface area contributed by atoms with Crippen LogP contribution in [0.4, 0.5) is 4.39 Å². The van der Waals surface area contributed by atoms with E-state index in [2.05, 4.69) is 9.97 Å². The molecule has 1 atom stereocenters. The number of rotatable bonds is 3. The molecule has 0 unspecified atom stereocenters. The lowest BCUT2D eigenvalue weighted by Gasteiger charge is -2.32. The molecule has 0 aliphatic carbocycles. The molecule has 3 heterocycles. The largest absolute Gasteiger partial charge is 0.338 e. The molecule has 1 aliphatic heterocycles. The Bertz CT molecular complexity index is 970. The van der Waals surface area contributed by atoms with Gasteiger partial charge >= 0.3 is 0 Å². The van der Waals surface area contributed by atoms with Crippen molar-refractivity contribution in [3.63, 3.8) is 0 Å². The summed E-state index contributed by atoms with van der Waals surface area (Å²) >= 11 is 0. The molecule has 27 heavy (non-hydrogen) atoms. The van der Waals surface area contributed by atoms with Crippen molar-refractivity contribution in [1.82, 2.24) is 24.4 Å². The van der Waals surface area contributed by atoms with Gasteiger partial charge in [0.25, 0.3) is 5.91 Å². The average Bonchev–Trinajstić information content (AvgIpc) is 3.14. The Hall–Kier alpha value is -3.09. The van der Waals surface area contributed by atoms with E-state index in [-0.39, 0.29) is 17.4 Å². The van der Waals surface area contributed by atoms with E-state index in [4.69, 9.17) is 4.98 Å². The SMILES string of the molecule is Cn1cncc1-c1cncc([C@@H]2CCCN(C(=O)c3ccccc3F)C2)n1. The summed E-state index contributed by atoms with van der Waals surface area (Å²) in [7, 11) is 1.91. The molecule has 0 spiro atoms. The predicted octanol–water partition coefficient (Wildman–Crippen LogP) is 3.04. The number of hydrogen-bond acceptors (Lipinski definition) is 4. The number of amides is 1. The number of nitrogens with zero attached hydrogens (tertiary/aromatic N) is 5. The number of piperidine rings is 1. The molecule has 2 aromatic heterocycles. The lowest BCUT2D eigenvalue weighted by atomic mass is 9.94. The third-order valence-corrected chi connectivity index (χ3v) is 4.96. The fourth-order valence-electron chi connectivity index (χ4n) is 3.51. The van der Waals surface area contributed by atoms with Gasteiger partial charge in [-0.2, -0.15) is 0 Å². The molecule has 0 radical (unpaired) electrons. The van der Waals surface area contributed by atoms with Crippen LogP contribution in [0.15, 0.2) is 49.2 Å². The smallest absolute Gasteiger partial charge is 0.256 e. The van der Waals surface area contributed by atoms with Crippen molar-refractivity contribution in [2.75, 3.05) is 13.1 Å². The Morgan fingerprint density at radius 1 is 1.19 bits per heavy atom. The van der Waals surface area contributed by atoms with Crippen molar-refractivity contribution in [2.45, 2.75) is 18.8 Å². The van der Waals surface area contributed by atoms with Crippen LogP contribution in [0.1, 0.15) is 34.8 Å². The molecule has 1 fully saturated rings. The summed E-state index contributed by atoms with van der Waals surface area (Å²) in [6.45, 7) is 1.13. The summed E-state index contributed by atoms with van der Waals surface area (Å²) in [6, 6.07) is 6.12. The predicted molar refractivity (Wildman–Crippen MR) is 98.5 cm³/mol. The molecule has 1 saturated heterocycles. The van der Waals surface area contributed by atoms with E-state index in [0.717, 1.165) is 29.9 Å². The first-order valence-corrected chi connectivity index (χ1v) is 8.96. The minimum absolute atomic E-state index is 0.0788. The van der Waals surface area contributed by atoms with Gasteiger partial charge < -0.3 is 9.47 Å². The number of aryl methyl sites for hydroxylation is 1. The number of hydrogen-bond donors (Lipinski definition) is 0. The fourth-order valence-corrected chi connectivity index (χ4v) is 3.51. The summed E-state index contributed by atoms with van der Waals surface area (Å²) in [5.74, 6) is -0.675. The Kier molecular flexibility index (Phi) is 4.66. The van der Waals surface area contributed by atoms with Crippen molar-refractivity contribution >= 4 is 5.91 Å². The first kappa shape index (κ1) is 17.3. The third-order valence-electron chi connectivity index (χ3n) is 4.96. The molecule has 1 aliphatic rings. The van der Waals surface area contributed by atoms with Gasteiger partial charge in [-0.3, -0.25) is 9.78 Å². The molecule has 3 aromatic rings. The summed E-state index contributed by atoms with van der Waals surface area (Å²) < 4.78 is 15.9. The normalized spacial score (nSPS) is 17.1. The molecule has 1 aromatic carbocycles. The van der Waals surface area contributed by atoms with Crippen LogP contribution >= 0.6 is 0 Å². The maximum Gasteiger partial charge on any atom is 0.256 e. The van der Waals surface area contributed by atoms with Gasteiger partial charge in [0.05, 0.1) is 35.7 Å².